The molecule has 5 rings (SSSR count). The summed E-state index contributed by atoms with van der Waals surface area (Å²) in [5.74, 6) is 0. The zero-order valence-corrected chi connectivity index (χ0v) is 19.8. The highest BCUT2D eigenvalue weighted by atomic mass is 16.2. The lowest BCUT2D eigenvalue weighted by Gasteiger charge is -2.45. The van der Waals surface area contributed by atoms with Gasteiger partial charge >= 0.3 is 12.1 Å². The summed E-state index contributed by atoms with van der Waals surface area (Å²) >= 11 is 0. The van der Waals surface area contributed by atoms with Crippen LogP contribution in [0.2, 0.25) is 0 Å². The zero-order valence-electron chi connectivity index (χ0n) is 19.8. The molecule has 0 radical (unpaired) electrons. The summed E-state index contributed by atoms with van der Waals surface area (Å²) in [7, 11) is 0. The molecule has 1 spiro atoms. The lowest BCUT2D eigenvalue weighted by molar-refractivity contribution is 0.0782. The molecule has 0 unspecified atom stereocenters. The highest BCUT2D eigenvalue weighted by molar-refractivity contribution is 5.75. The van der Waals surface area contributed by atoms with Crippen molar-refractivity contribution >= 4 is 12.1 Å². The van der Waals surface area contributed by atoms with E-state index in [-0.39, 0.29) is 23.5 Å². The fourth-order valence-electron chi connectivity index (χ4n) is 6.44. The van der Waals surface area contributed by atoms with Crippen LogP contribution in [0.4, 0.5) is 9.59 Å². The molecular formula is C26H39N5O2. The van der Waals surface area contributed by atoms with Gasteiger partial charge in [0.05, 0.1) is 0 Å². The number of hydrogen-bond donors (Lipinski definition) is 2. The van der Waals surface area contributed by atoms with E-state index in [9.17, 15) is 9.59 Å². The maximum Gasteiger partial charge on any atom is 0.320 e. The molecule has 4 fully saturated rings. The largest absolute Gasteiger partial charge is 0.335 e. The number of piperidine rings is 2. The molecule has 1 saturated carbocycles. The van der Waals surface area contributed by atoms with Crippen molar-refractivity contribution in [3.8, 4) is 0 Å². The Labute approximate surface area is 197 Å². The fraction of sp³-hybridized carbons (Fsp3) is 0.692. The van der Waals surface area contributed by atoms with Gasteiger partial charge in [-0.05, 0) is 69.0 Å². The van der Waals surface area contributed by atoms with Crippen molar-refractivity contribution in [2.24, 2.45) is 5.41 Å². The summed E-state index contributed by atoms with van der Waals surface area (Å²) in [5.41, 5.74) is 1.31. The predicted molar refractivity (Wildman–Crippen MR) is 129 cm³/mol. The van der Waals surface area contributed by atoms with Crippen LogP contribution in [0.5, 0.6) is 0 Å². The average Bonchev–Trinajstić information content (AvgIpc) is 3.29. The number of carbonyl (C=O) groups excluding carboxylic acids is 2. The highest BCUT2D eigenvalue weighted by Crippen LogP contribution is 2.48. The van der Waals surface area contributed by atoms with E-state index in [0.29, 0.717) is 12.6 Å². The van der Waals surface area contributed by atoms with Crippen LogP contribution >= 0.6 is 0 Å². The van der Waals surface area contributed by atoms with Crippen LogP contribution in [0.25, 0.3) is 0 Å². The highest BCUT2D eigenvalue weighted by Gasteiger charge is 2.50. The number of carbonyl (C=O) groups is 2. The summed E-state index contributed by atoms with van der Waals surface area (Å²) in [4.78, 5) is 32.2. The van der Waals surface area contributed by atoms with Crippen LogP contribution in [0, 0.1) is 5.41 Å². The Morgan fingerprint density at radius 1 is 0.909 bits per heavy atom. The van der Waals surface area contributed by atoms with Crippen LogP contribution in [0.1, 0.15) is 56.9 Å². The second kappa shape index (κ2) is 9.92. The quantitative estimate of drug-likeness (QED) is 0.734. The summed E-state index contributed by atoms with van der Waals surface area (Å²) in [6.07, 6.45) is 9.30. The van der Waals surface area contributed by atoms with E-state index in [4.69, 9.17) is 0 Å². The Kier molecular flexibility index (Phi) is 6.76. The van der Waals surface area contributed by atoms with E-state index in [0.717, 1.165) is 63.8 Å². The fourth-order valence-corrected chi connectivity index (χ4v) is 6.44. The Morgan fingerprint density at radius 2 is 1.64 bits per heavy atom. The van der Waals surface area contributed by atoms with Gasteiger partial charge in [-0.25, -0.2) is 9.59 Å². The maximum absolute atomic E-state index is 13.1. The summed E-state index contributed by atoms with van der Waals surface area (Å²) in [6.45, 7) is 6.53. The number of urea groups is 2. The lowest BCUT2D eigenvalue weighted by Crippen LogP contribution is -2.55. The number of nitrogens with one attached hydrogen (secondary N) is 2. The van der Waals surface area contributed by atoms with Crippen LogP contribution in [-0.2, 0) is 6.54 Å². The Morgan fingerprint density at radius 3 is 2.36 bits per heavy atom. The molecule has 0 atom stereocenters. The van der Waals surface area contributed by atoms with E-state index < -0.39 is 0 Å². The normalized spacial score (nSPS) is 28.5. The van der Waals surface area contributed by atoms with Crippen molar-refractivity contribution < 1.29 is 9.59 Å². The molecule has 0 bridgehead atoms. The minimum Gasteiger partial charge on any atom is -0.335 e. The van der Waals surface area contributed by atoms with Gasteiger partial charge in [-0.15, -0.1) is 0 Å². The molecule has 3 heterocycles. The molecule has 3 saturated heterocycles. The van der Waals surface area contributed by atoms with Crippen LogP contribution in [0.3, 0.4) is 0 Å². The van der Waals surface area contributed by atoms with Crippen molar-refractivity contribution in [1.82, 2.24) is 25.3 Å². The predicted octanol–water partition coefficient (Wildman–Crippen LogP) is 3.41. The number of benzene rings is 1. The van der Waals surface area contributed by atoms with Gasteiger partial charge in [-0.2, -0.15) is 0 Å². The van der Waals surface area contributed by atoms with Gasteiger partial charge in [0.2, 0.25) is 0 Å². The number of amides is 4. The lowest BCUT2D eigenvalue weighted by atomic mass is 9.65. The average molecular weight is 454 g/mol. The Hall–Kier alpha value is -2.28. The Balaban J connectivity index is 1.02. The minimum absolute atomic E-state index is 0.0961. The van der Waals surface area contributed by atoms with Crippen molar-refractivity contribution in [3.63, 3.8) is 0 Å². The van der Waals surface area contributed by atoms with Gasteiger partial charge in [0.25, 0.3) is 0 Å². The molecule has 1 aromatic rings. The summed E-state index contributed by atoms with van der Waals surface area (Å²) in [6, 6.07) is 11.0. The molecule has 4 amide bonds. The molecule has 3 aliphatic heterocycles. The van der Waals surface area contributed by atoms with Crippen molar-refractivity contribution in [1.29, 1.82) is 0 Å². The van der Waals surface area contributed by atoms with Gasteiger partial charge in [0.15, 0.2) is 0 Å². The third kappa shape index (κ3) is 5.29. The first-order valence-electron chi connectivity index (χ1n) is 13.0. The smallest absolute Gasteiger partial charge is 0.320 e. The standard InChI is InChI=1S/C26H39N5O2/c32-24(27-19-21-7-3-1-4-8-21)28-22-17-26(18-22)11-16-31(20-26)25(33)30-14-9-23(10-15-30)29-12-5-2-6-13-29/h1,3-4,7-8,22-23H,2,5-6,9-20H2,(H2,27,28,32)/t22-,26+. The number of rotatable bonds is 4. The van der Waals surface area contributed by atoms with Crippen LogP contribution < -0.4 is 10.6 Å². The molecule has 1 aliphatic carbocycles. The number of likely N-dealkylation sites (tertiary alicyclic amines) is 3. The molecule has 33 heavy (non-hydrogen) atoms. The third-order valence-electron chi connectivity index (χ3n) is 8.34. The van der Waals surface area contributed by atoms with Crippen molar-refractivity contribution in [3.05, 3.63) is 35.9 Å². The molecule has 7 heteroatoms. The van der Waals surface area contributed by atoms with Gasteiger partial charge in [0.1, 0.15) is 0 Å². The van der Waals surface area contributed by atoms with Crippen molar-refractivity contribution in [2.45, 2.75) is 70.0 Å². The van der Waals surface area contributed by atoms with E-state index in [2.05, 4.69) is 25.3 Å². The molecule has 4 aliphatic rings. The third-order valence-corrected chi connectivity index (χ3v) is 8.34. The van der Waals surface area contributed by atoms with E-state index in [1.54, 1.807) is 0 Å². The zero-order chi connectivity index (χ0) is 22.7. The molecule has 180 valence electrons. The SMILES string of the molecule is O=C(NCc1ccccc1)N[C@H]1C[C@]2(CCN(C(=O)N3CCC(N4CCCCC4)CC3)C2)C1. The molecule has 2 N–H and O–H groups in total. The van der Waals surface area contributed by atoms with Gasteiger partial charge in [-0.1, -0.05) is 36.8 Å². The summed E-state index contributed by atoms with van der Waals surface area (Å²) < 4.78 is 0. The molecular weight excluding hydrogens is 414 g/mol. The number of nitrogens with zero attached hydrogens (tertiary/aromatic N) is 3. The van der Waals surface area contributed by atoms with Gasteiger partial charge in [-0.3, -0.25) is 0 Å². The summed E-state index contributed by atoms with van der Waals surface area (Å²) in [5, 5.41) is 6.06. The Bertz CT molecular complexity index is 811. The van der Waals surface area contributed by atoms with Gasteiger partial charge < -0.3 is 25.3 Å². The maximum atomic E-state index is 13.1. The monoisotopic (exact) mass is 453 g/mol. The molecule has 7 nitrogen and oxygen atoms in total. The van der Waals surface area contributed by atoms with E-state index in [1.807, 2.05) is 30.3 Å². The first kappa shape index (κ1) is 22.5. The van der Waals surface area contributed by atoms with Crippen LogP contribution in [-0.4, -0.2) is 78.1 Å². The van der Waals surface area contributed by atoms with Crippen LogP contribution in [0.15, 0.2) is 30.3 Å². The molecule has 0 aromatic heterocycles. The first-order chi connectivity index (χ1) is 16.1. The molecule has 1 aromatic carbocycles. The van der Waals surface area contributed by atoms with E-state index >= 15 is 0 Å². The first-order valence-corrected chi connectivity index (χ1v) is 13.0. The second-order valence-electron chi connectivity index (χ2n) is 10.7. The number of hydrogen-bond acceptors (Lipinski definition) is 3. The van der Waals surface area contributed by atoms with Crippen molar-refractivity contribution in [2.75, 3.05) is 39.3 Å². The van der Waals surface area contributed by atoms with E-state index in [1.165, 1.54) is 32.4 Å². The van der Waals surface area contributed by atoms with Gasteiger partial charge in [0, 0.05) is 44.8 Å². The topological polar surface area (TPSA) is 67.9 Å². The minimum atomic E-state index is -0.0961. The second-order valence-corrected chi connectivity index (χ2v) is 10.7.